The van der Waals surface area contributed by atoms with Gasteiger partial charge in [0.05, 0.1) is 5.56 Å². The van der Waals surface area contributed by atoms with Crippen LogP contribution in [0.1, 0.15) is 34.3 Å². The molecule has 0 aliphatic heterocycles. The molecule has 1 aliphatic rings. The molecule has 154 valence electrons. The van der Waals surface area contributed by atoms with Gasteiger partial charge in [-0.05, 0) is 73.2 Å². The van der Waals surface area contributed by atoms with Gasteiger partial charge in [-0.25, -0.2) is 0 Å². The largest absolute Gasteiger partial charge is 0.457 e. The van der Waals surface area contributed by atoms with Crippen LogP contribution in [0.2, 0.25) is 0 Å². The number of para-hydroxylation sites is 2. The van der Waals surface area contributed by atoms with Crippen molar-refractivity contribution in [3.63, 3.8) is 0 Å². The van der Waals surface area contributed by atoms with E-state index in [1.54, 1.807) is 18.2 Å². The zero-order valence-corrected chi connectivity index (χ0v) is 16.9. The SMILES string of the molecule is O=C(Nc1nnc(-c2ccc3c(c2)CCCC3)o1)c1ccccc1Oc1ccccc1. The van der Waals surface area contributed by atoms with Gasteiger partial charge in [0, 0.05) is 5.56 Å². The lowest BCUT2D eigenvalue weighted by atomic mass is 9.90. The average Bonchev–Trinajstić information content (AvgIpc) is 3.28. The summed E-state index contributed by atoms with van der Waals surface area (Å²) in [6.07, 6.45) is 4.62. The number of aryl methyl sites for hydroxylation is 2. The number of benzene rings is 3. The van der Waals surface area contributed by atoms with E-state index in [0.717, 1.165) is 18.4 Å². The number of amides is 1. The lowest BCUT2D eigenvalue weighted by molar-refractivity contribution is 0.102. The minimum absolute atomic E-state index is 0.0484. The molecule has 6 nitrogen and oxygen atoms in total. The summed E-state index contributed by atoms with van der Waals surface area (Å²) >= 11 is 0. The number of carbonyl (C=O) groups excluding carboxylic acids is 1. The van der Waals surface area contributed by atoms with Crippen LogP contribution in [0.3, 0.4) is 0 Å². The first-order valence-electron chi connectivity index (χ1n) is 10.4. The quantitative estimate of drug-likeness (QED) is 0.458. The summed E-state index contributed by atoms with van der Waals surface area (Å²) in [6.45, 7) is 0. The van der Waals surface area contributed by atoms with Crippen LogP contribution < -0.4 is 10.1 Å². The molecule has 1 amide bonds. The third-order valence-corrected chi connectivity index (χ3v) is 5.34. The predicted molar refractivity (Wildman–Crippen MR) is 117 cm³/mol. The Kier molecular flexibility index (Phi) is 5.19. The van der Waals surface area contributed by atoms with Gasteiger partial charge in [-0.1, -0.05) is 41.5 Å². The van der Waals surface area contributed by atoms with Crippen molar-refractivity contribution in [1.29, 1.82) is 0 Å². The first-order valence-corrected chi connectivity index (χ1v) is 10.4. The number of fused-ring (bicyclic) bond motifs is 1. The molecule has 0 fully saturated rings. The molecule has 6 heteroatoms. The van der Waals surface area contributed by atoms with Crippen molar-refractivity contribution >= 4 is 11.9 Å². The predicted octanol–water partition coefficient (Wildman–Crippen LogP) is 5.66. The van der Waals surface area contributed by atoms with Gasteiger partial charge in [0.15, 0.2) is 0 Å². The Morgan fingerprint density at radius 3 is 2.52 bits per heavy atom. The number of rotatable bonds is 5. The maximum atomic E-state index is 12.8. The molecule has 3 aromatic carbocycles. The van der Waals surface area contributed by atoms with Gasteiger partial charge in [0.25, 0.3) is 5.91 Å². The van der Waals surface area contributed by atoms with Crippen molar-refractivity contribution in [3.8, 4) is 23.0 Å². The van der Waals surface area contributed by atoms with E-state index in [1.165, 1.54) is 24.0 Å². The van der Waals surface area contributed by atoms with E-state index in [9.17, 15) is 4.79 Å². The van der Waals surface area contributed by atoms with E-state index < -0.39 is 0 Å². The van der Waals surface area contributed by atoms with Crippen molar-refractivity contribution in [3.05, 3.63) is 89.5 Å². The van der Waals surface area contributed by atoms with Crippen LogP contribution in [0.15, 0.2) is 77.2 Å². The normalized spacial score (nSPS) is 12.8. The van der Waals surface area contributed by atoms with Crippen molar-refractivity contribution in [2.24, 2.45) is 0 Å². The second kappa shape index (κ2) is 8.44. The van der Waals surface area contributed by atoms with Crippen LogP contribution in [0.4, 0.5) is 6.01 Å². The summed E-state index contributed by atoms with van der Waals surface area (Å²) in [7, 11) is 0. The second-order valence-electron chi connectivity index (χ2n) is 7.47. The maximum Gasteiger partial charge on any atom is 0.322 e. The molecule has 0 bridgehead atoms. The van der Waals surface area contributed by atoms with Gasteiger partial charge in [-0.3, -0.25) is 10.1 Å². The Morgan fingerprint density at radius 1 is 0.871 bits per heavy atom. The van der Waals surface area contributed by atoms with Crippen LogP contribution in [-0.2, 0) is 12.8 Å². The number of nitrogens with zero attached hydrogens (tertiary/aromatic N) is 2. The summed E-state index contributed by atoms with van der Waals surface area (Å²) in [5.41, 5.74) is 3.96. The molecule has 5 rings (SSSR count). The molecule has 0 spiro atoms. The topological polar surface area (TPSA) is 77.3 Å². The van der Waals surface area contributed by atoms with E-state index in [4.69, 9.17) is 9.15 Å². The summed E-state index contributed by atoms with van der Waals surface area (Å²) in [5, 5.41) is 10.8. The smallest absolute Gasteiger partial charge is 0.322 e. The molecule has 0 atom stereocenters. The average molecular weight is 411 g/mol. The van der Waals surface area contributed by atoms with Crippen LogP contribution in [-0.4, -0.2) is 16.1 Å². The van der Waals surface area contributed by atoms with Crippen LogP contribution >= 0.6 is 0 Å². The summed E-state index contributed by atoms with van der Waals surface area (Å²) in [4.78, 5) is 12.8. The molecule has 1 aliphatic carbocycles. The van der Waals surface area contributed by atoms with Crippen molar-refractivity contribution in [1.82, 2.24) is 10.2 Å². The number of ether oxygens (including phenoxy) is 1. The summed E-state index contributed by atoms with van der Waals surface area (Å²) in [5.74, 6) is 1.10. The van der Waals surface area contributed by atoms with E-state index in [-0.39, 0.29) is 11.9 Å². The molecule has 0 saturated carbocycles. The Bertz CT molecular complexity index is 1220. The van der Waals surface area contributed by atoms with Gasteiger partial charge in [-0.2, -0.15) is 0 Å². The molecular weight excluding hydrogens is 390 g/mol. The first-order chi connectivity index (χ1) is 15.3. The number of nitrogens with one attached hydrogen (secondary N) is 1. The fourth-order valence-corrected chi connectivity index (χ4v) is 3.78. The van der Waals surface area contributed by atoms with Crippen molar-refractivity contribution in [2.75, 3.05) is 5.32 Å². The third kappa shape index (κ3) is 4.19. The van der Waals surface area contributed by atoms with Crippen LogP contribution in [0, 0.1) is 0 Å². The summed E-state index contributed by atoms with van der Waals surface area (Å²) in [6, 6.07) is 22.6. The maximum absolute atomic E-state index is 12.8. The lowest BCUT2D eigenvalue weighted by Gasteiger charge is -2.15. The number of anilines is 1. The number of hydrogen-bond acceptors (Lipinski definition) is 5. The number of aromatic nitrogens is 2. The van der Waals surface area contributed by atoms with Gasteiger partial charge >= 0.3 is 6.01 Å². The van der Waals surface area contributed by atoms with Gasteiger partial charge in [-0.15, -0.1) is 5.10 Å². The van der Waals surface area contributed by atoms with Gasteiger partial charge in [0.1, 0.15) is 11.5 Å². The molecule has 0 unspecified atom stereocenters. The monoisotopic (exact) mass is 411 g/mol. The molecule has 1 heterocycles. The lowest BCUT2D eigenvalue weighted by Crippen LogP contribution is -2.13. The zero-order chi connectivity index (χ0) is 21.0. The van der Waals surface area contributed by atoms with Crippen molar-refractivity contribution < 1.29 is 13.9 Å². The molecule has 1 N–H and O–H groups in total. The zero-order valence-electron chi connectivity index (χ0n) is 16.9. The molecule has 31 heavy (non-hydrogen) atoms. The van der Waals surface area contributed by atoms with Crippen molar-refractivity contribution in [2.45, 2.75) is 25.7 Å². The minimum Gasteiger partial charge on any atom is -0.457 e. The molecule has 1 aromatic heterocycles. The van der Waals surface area contributed by atoms with Crippen LogP contribution in [0.5, 0.6) is 11.5 Å². The standard InChI is InChI=1S/C25H21N3O3/c29-23(21-12-6-7-13-22(21)30-20-10-2-1-3-11-20)26-25-28-27-24(31-25)19-15-14-17-8-4-5-9-18(17)16-19/h1-3,6-7,10-16H,4-5,8-9H2,(H,26,28,29). The first kappa shape index (κ1) is 19.1. The Morgan fingerprint density at radius 2 is 1.65 bits per heavy atom. The molecular formula is C25H21N3O3. The minimum atomic E-state index is -0.382. The highest BCUT2D eigenvalue weighted by Gasteiger charge is 2.18. The number of hydrogen-bond donors (Lipinski definition) is 1. The van der Waals surface area contributed by atoms with Gasteiger partial charge in [0.2, 0.25) is 5.89 Å². The fraction of sp³-hybridized carbons (Fsp3) is 0.160. The van der Waals surface area contributed by atoms with E-state index in [1.807, 2.05) is 42.5 Å². The van der Waals surface area contributed by atoms with E-state index >= 15 is 0 Å². The Labute approximate surface area is 179 Å². The Balaban J connectivity index is 1.34. The van der Waals surface area contributed by atoms with E-state index in [2.05, 4.69) is 27.6 Å². The molecule has 4 aromatic rings. The highest BCUT2D eigenvalue weighted by Crippen LogP contribution is 2.29. The highest BCUT2D eigenvalue weighted by molar-refractivity contribution is 6.05. The second-order valence-corrected chi connectivity index (χ2v) is 7.47. The highest BCUT2D eigenvalue weighted by atomic mass is 16.5. The number of carbonyl (C=O) groups is 1. The fourth-order valence-electron chi connectivity index (χ4n) is 3.78. The molecule has 0 radical (unpaired) electrons. The molecule has 0 saturated heterocycles. The van der Waals surface area contributed by atoms with Crippen LogP contribution in [0.25, 0.3) is 11.5 Å². The van der Waals surface area contributed by atoms with Gasteiger partial charge < -0.3 is 9.15 Å². The third-order valence-electron chi connectivity index (χ3n) is 5.34. The summed E-state index contributed by atoms with van der Waals surface area (Å²) < 4.78 is 11.6. The Hall–Kier alpha value is -3.93. The van der Waals surface area contributed by atoms with E-state index in [0.29, 0.717) is 23.0 Å².